The molecular formula is C19H18N2O4S2. The molecule has 0 spiro atoms. The predicted octanol–water partition coefficient (Wildman–Crippen LogP) is 3.24. The largest absolute Gasteiger partial charge is 0.457 e. The summed E-state index contributed by atoms with van der Waals surface area (Å²) in [7, 11) is -3.73. The molecule has 0 saturated heterocycles. The van der Waals surface area contributed by atoms with Crippen molar-refractivity contribution in [3.8, 4) is 0 Å². The Morgan fingerprint density at radius 1 is 1.19 bits per heavy atom. The van der Waals surface area contributed by atoms with E-state index in [1.54, 1.807) is 0 Å². The van der Waals surface area contributed by atoms with Crippen LogP contribution in [0.4, 0.5) is 0 Å². The molecule has 1 heterocycles. The lowest BCUT2D eigenvalue weighted by Crippen LogP contribution is -2.29. The van der Waals surface area contributed by atoms with Crippen molar-refractivity contribution in [2.75, 3.05) is 6.54 Å². The maximum Gasteiger partial charge on any atom is 0.321 e. The third kappa shape index (κ3) is 5.72. The van der Waals surface area contributed by atoms with E-state index >= 15 is 0 Å². The zero-order valence-electron chi connectivity index (χ0n) is 14.6. The smallest absolute Gasteiger partial charge is 0.321 e. The molecule has 6 nitrogen and oxygen atoms in total. The number of nitrogens with zero attached hydrogens (tertiary/aromatic N) is 1. The second kappa shape index (κ2) is 8.43. The van der Waals surface area contributed by atoms with Crippen LogP contribution in [-0.4, -0.2) is 25.9 Å². The summed E-state index contributed by atoms with van der Waals surface area (Å²) in [5, 5.41) is 1.69. The van der Waals surface area contributed by atoms with Crippen LogP contribution >= 0.6 is 11.3 Å². The van der Waals surface area contributed by atoms with E-state index < -0.39 is 22.5 Å². The van der Waals surface area contributed by atoms with Gasteiger partial charge in [0.2, 0.25) is 10.0 Å². The van der Waals surface area contributed by atoms with Crippen molar-refractivity contribution in [1.82, 2.24) is 9.71 Å². The number of para-hydroxylation sites is 1. The van der Waals surface area contributed by atoms with Gasteiger partial charge in [0.25, 0.3) is 0 Å². The van der Waals surface area contributed by atoms with Gasteiger partial charge in [0, 0.05) is 5.41 Å². The van der Waals surface area contributed by atoms with E-state index in [9.17, 15) is 13.2 Å². The van der Waals surface area contributed by atoms with Crippen molar-refractivity contribution >= 4 is 43.6 Å². The minimum Gasteiger partial charge on any atom is -0.457 e. The molecule has 8 heteroatoms. The number of thiazole rings is 1. The van der Waals surface area contributed by atoms with E-state index in [4.69, 9.17) is 4.74 Å². The maximum absolute atomic E-state index is 12.0. The van der Waals surface area contributed by atoms with Gasteiger partial charge in [-0.2, -0.15) is 0 Å². The van der Waals surface area contributed by atoms with E-state index in [-0.39, 0.29) is 6.61 Å². The first-order valence-corrected chi connectivity index (χ1v) is 10.5. The van der Waals surface area contributed by atoms with Crippen molar-refractivity contribution in [2.24, 2.45) is 0 Å². The molecule has 27 heavy (non-hydrogen) atoms. The molecule has 0 radical (unpaired) electrons. The van der Waals surface area contributed by atoms with Crippen LogP contribution in [0.1, 0.15) is 16.1 Å². The van der Waals surface area contributed by atoms with Gasteiger partial charge in [-0.1, -0.05) is 42.0 Å². The minimum atomic E-state index is -3.73. The number of hydrogen-bond acceptors (Lipinski definition) is 6. The van der Waals surface area contributed by atoms with Gasteiger partial charge < -0.3 is 4.74 Å². The Morgan fingerprint density at radius 2 is 1.93 bits per heavy atom. The molecule has 0 aliphatic heterocycles. The molecule has 0 fully saturated rings. The fraction of sp³-hybridized carbons (Fsp3) is 0.158. The number of ether oxygens (including phenoxy) is 1. The molecule has 3 rings (SSSR count). The Bertz CT molecular complexity index is 1040. The molecule has 0 bridgehead atoms. The molecule has 0 aliphatic carbocycles. The molecule has 0 atom stereocenters. The van der Waals surface area contributed by atoms with Gasteiger partial charge >= 0.3 is 5.97 Å². The predicted molar refractivity (Wildman–Crippen MR) is 107 cm³/mol. The SMILES string of the molecule is Cc1ccc(/C=C/S(=O)(=O)NCC(=O)OCc2nc3ccccc3s2)cc1. The molecule has 1 aromatic heterocycles. The number of aryl methyl sites for hydroxylation is 1. The highest BCUT2D eigenvalue weighted by atomic mass is 32.2. The third-order valence-corrected chi connectivity index (χ3v) is 5.68. The molecule has 0 unspecified atom stereocenters. The van der Waals surface area contributed by atoms with Crippen LogP contribution < -0.4 is 4.72 Å². The van der Waals surface area contributed by atoms with Gasteiger partial charge in [-0.15, -0.1) is 11.3 Å². The number of aromatic nitrogens is 1. The standard InChI is InChI=1S/C19H18N2O4S2/c1-14-6-8-15(9-7-14)10-11-27(23,24)20-12-19(22)25-13-18-21-16-4-2-3-5-17(16)26-18/h2-11,20H,12-13H2,1H3/b11-10+. The van der Waals surface area contributed by atoms with Crippen LogP contribution in [0, 0.1) is 6.92 Å². The second-order valence-electron chi connectivity index (χ2n) is 5.82. The maximum atomic E-state index is 12.0. The molecule has 1 N–H and O–H groups in total. The highest BCUT2D eigenvalue weighted by Crippen LogP contribution is 2.21. The summed E-state index contributed by atoms with van der Waals surface area (Å²) in [6, 6.07) is 15.0. The number of nitrogens with one attached hydrogen (secondary N) is 1. The monoisotopic (exact) mass is 402 g/mol. The summed E-state index contributed by atoms with van der Waals surface area (Å²) >= 11 is 1.43. The lowest BCUT2D eigenvalue weighted by Gasteiger charge is -2.04. The van der Waals surface area contributed by atoms with Gasteiger partial charge in [-0.05, 0) is 30.7 Å². The summed E-state index contributed by atoms with van der Waals surface area (Å²) in [6.07, 6.45) is 1.47. The van der Waals surface area contributed by atoms with Crippen LogP contribution in [0.25, 0.3) is 16.3 Å². The number of carbonyl (C=O) groups excluding carboxylic acids is 1. The van der Waals surface area contributed by atoms with Crippen molar-refractivity contribution in [3.05, 3.63) is 70.1 Å². The first-order chi connectivity index (χ1) is 12.9. The number of benzene rings is 2. The summed E-state index contributed by atoms with van der Waals surface area (Å²) in [4.78, 5) is 16.1. The highest BCUT2D eigenvalue weighted by Gasteiger charge is 2.11. The molecule has 0 amide bonds. The van der Waals surface area contributed by atoms with Gasteiger partial charge in [-0.3, -0.25) is 4.79 Å². The van der Waals surface area contributed by atoms with Crippen molar-refractivity contribution in [3.63, 3.8) is 0 Å². The fourth-order valence-corrected chi connectivity index (χ4v) is 3.86. The van der Waals surface area contributed by atoms with Crippen LogP contribution in [0.5, 0.6) is 0 Å². The summed E-state index contributed by atoms with van der Waals surface area (Å²) in [5.41, 5.74) is 2.68. The zero-order chi connectivity index (χ0) is 19.3. The van der Waals surface area contributed by atoms with E-state index in [0.717, 1.165) is 26.8 Å². The Morgan fingerprint density at radius 3 is 2.67 bits per heavy atom. The number of fused-ring (bicyclic) bond motifs is 1. The van der Waals surface area contributed by atoms with Crippen molar-refractivity contribution < 1.29 is 17.9 Å². The molecule has 0 aliphatic rings. The molecular weight excluding hydrogens is 384 g/mol. The van der Waals surface area contributed by atoms with E-state index in [1.165, 1.54) is 17.4 Å². The van der Waals surface area contributed by atoms with E-state index in [1.807, 2.05) is 55.5 Å². The van der Waals surface area contributed by atoms with E-state index in [0.29, 0.717) is 5.01 Å². The van der Waals surface area contributed by atoms with Crippen molar-refractivity contribution in [2.45, 2.75) is 13.5 Å². The van der Waals surface area contributed by atoms with E-state index in [2.05, 4.69) is 9.71 Å². The Balaban J connectivity index is 1.49. The molecule has 140 valence electrons. The minimum absolute atomic E-state index is 0.0130. The molecule has 0 saturated carbocycles. The van der Waals surface area contributed by atoms with Crippen LogP contribution in [0.2, 0.25) is 0 Å². The normalized spacial score (nSPS) is 11.9. The van der Waals surface area contributed by atoms with Crippen LogP contribution in [0.3, 0.4) is 0 Å². The Kier molecular flexibility index (Phi) is 6.00. The number of sulfonamides is 1. The van der Waals surface area contributed by atoms with Gasteiger partial charge in [0.1, 0.15) is 18.2 Å². The second-order valence-corrected chi connectivity index (χ2v) is 8.58. The summed E-state index contributed by atoms with van der Waals surface area (Å²) in [5.74, 6) is -0.665. The zero-order valence-corrected chi connectivity index (χ0v) is 16.2. The fourth-order valence-electron chi connectivity index (χ4n) is 2.23. The van der Waals surface area contributed by atoms with Crippen LogP contribution in [-0.2, 0) is 26.2 Å². The van der Waals surface area contributed by atoms with Gasteiger partial charge in [-0.25, -0.2) is 18.1 Å². The summed E-state index contributed by atoms with van der Waals surface area (Å²) in [6.45, 7) is 1.52. The summed E-state index contributed by atoms with van der Waals surface area (Å²) < 4.78 is 32.2. The quantitative estimate of drug-likeness (QED) is 0.613. The molecule has 2 aromatic carbocycles. The Hall–Kier alpha value is -2.55. The van der Waals surface area contributed by atoms with Gasteiger partial charge in [0.15, 0.2) is 0 Å². The van der Waals surface area contributed by atoms with Gasteiger partial charge in [0.05, 0.1) is 10.2 Å². The number of esters is 1. The molecule has 3 aromatic rings. The third-order valence-electron chi connectivity index (χ3n) is 3.63. The average Bonchev–Trinajstić information content (AvgIpc) is 3.07. The average molecular weight is 402 g/mol. The van der Waals surface area contributed by atoms with Crippen LogP contribution in [0.15, 0.2) is 53.9 Å². The lowest BCUT2D eigenvalue weighted by molar-refractivity contribution is -0.143. The number of rotatable bonds is 7. The highest BCUT2D eigenvalue weighted by molar-refractivity contribution is 7.92. The van der Waals surface area contributed by atoms with Crippen molar-refractivity contribution in [1.29, 1.82) is 0 Å². The topological polar surface area (TPSA) is 85.4 Å². The first-order valence-electron chi connectivity index (χ1n) is 8.16. The lowest BCUT2D eigenvalue weighted by atomic mass is 10.2. The number of hydrogen-bond donors (Lipinski definition) is 1. The Labute approximate surface area is 161 Å². The number of carbonyl (C=O) groups is 1. The first kappa shape index (κ1) is 19.2.